The van der Waals surface area contributed by atoms with Crippen LogP contribution >= 0.6 is 22.9 Å². The number of anilines is 1. The van der Waals surface area contributed by atoms with Crippen molar-refractivity contribution in [1.29, 1.82) is 5.26 Å². The fraction of sp³-hybridized carbons (Fsp3) is 0.176. The van der Waals surface area contributed by atoms with Crippen LogP contribution < -0.4 is 5.32 Å². The molecule has 1 aromatic heterocycles. The van der Waals surface area contributed by atoms with Crippen LogP contribution in [0, 0.1) is 18.3 Å². The van der Waals surface area contributed by atoms with E-state index in [4.69, 9.17) is 16.3 Å². The van der Waals surface area contributed by atoms with E-state index < -0.39 is 11.9 Å². The molecule has 0 spiro atoms. The third kappa shape index (κ3) is 4.89. The van der Waals surface area contributed by atoms with Crippen LogP contribution in [-0.2, 0) is 9.53 Å². The number of hydrogen-bond acceptors (Lipinski definition) is 6. The molecule has 0 bridgehead atoms. The molecule has 0 radical (unpaired) electrons. The summed E-state index contributed by atoms with van der Waals surface area (Å²) in [5.74, 6) is -1.10. The van der Waals surface area contributed by atoms with Gasteiger partial charge in [0, 0.05) is 5.02 Å². The monoisotopic (exact) mass is 375 g/mol. The van der Waals surface area contributed by atoms with Gasteiger partial charge in [-0.1, -0.05) is 35.1 Å². The van der Waals surface area contributed by atoms with Crippen molar-refractivity contribution in [2.45, 2.75) is 13.8 Å². The number of nitrogens with one attached hydrogen (secondary N) is 1. The molecule has 25 heavy (non-hydrogen) atoms. The molecule has 128 valence electrons. The molecule has 2 aromatic rings. The summed E-state index contributed by atoms with van der Waals surface area (Å²) in [6.07, 6.45) is 1.44. The van der Waals surface area contributed by atoms with Crippen molar-refractivity contribution >= 4 is 46.0 Å². The highest BCUT2D eigenvalue weighted by Gasteiger charge is 2.18. The second kappa shape index (κ2) is 8.42. The second-order valence-corrected chi connectivity index (χ2v) is 6.27. The number of thiazole rings is 1. The zero-order chi connectivity index (χ0) is 18.4. The third-order valence-corrected chi connectivity index (χ3v) is 4.33. The van der Waals surface area contributed by atoms with Gasteiger partial charge in [0.25, 0.3) is 5.91 Å². The summed E-state index contributed by atoms with van der Waals surface area (Å²) < 4.78 is 4.93. The summed E-state index contributed by atoms with van der Waals surface area (Å²) in [7, 11) is 0. The Bertz CT molecular complexity index is 866. The number of nitrogens with zero attached hydrogens (tertiary/aromatic N) is 2. The summed E-state index contributed by atoms with van der Waals surface area (Å²) in [4.78, 5) is 28.5. The Kier molecular flexibility index (Phi) is 6.28. The van der Waals surface area contributed by atoms with Gasteiger partial charge in [-0.05, 0) is 37.6 Å². The summed E-state index contributed by atoms with van der Waals surface area (Å²) >= 11 is 6.81. The number of ether oxygens (including phenoxy) is 1. The van der Waals surface area contributed by atoms with Gasteiger partial charge in [-0.2, -0.15) is 5.26 Å². The molecule has 0 unspecified atom stereocenters. The SMILES string of the molecule is CCOC(=O)c1sc(NC(=O)C(C#N)=Cc2ccc(Cl)cc2)nc1C. The summed E-state index contributed by atoms with van der Waals surface area (Å²) in [5, 5.41) is 12.5. The van der Waals surface area contributed by atoms with E-state index in [1.165, 1.54) is 6.08 Å². The highest BCUT2D eigenvalue weighted by atomic mass is 35.5. The summed E-state index contributed by atoms with van der Waals surface area (Å²) in [6, 6.07) is 8.56. The van der Waals surface area contributed by atoms with Crippen molar-refractivity contribution in [3.8, 4) is 6.07 Å². The number of nitriles is 1. The maximum absolute atomic E-state index is 12.3. The highest BCUT2D eigenvalue weighted by molar-refractivity contribution is 7.17. The molecule has 0 aliphatic heterocycles. The lowest BCUT2D eigenvalue weighted by Gasteiger charge is -2.00. The van der Waals surface area contributed by atoms with Gasteiger partial charge in [0.05, 0.1) is 12.3 Å². The van der Waals surface area contributed by atoms with Gasteiger partial charge < -0.3 is 4.74 Å². The van der Waals surface area contributed by atoms with Crippen LogP contribution in [0.2, 0.25) is 5.02 Å². The largest absolute Gasteiger partial charge is 0.462 e. The Balaban J connectivity index is 2.17. The van der Waals surface area contributed by atoms with Crippen LogP contribution in [-0.4, -0.2) is 23.5 Å². The van der Waals surface area contributed by atoms with Crippen LogP contribution in [0.15, 0.2) is 29.8 Å². The molecule has 1 heterocycles. The van der Waals surface area contributed by atoms with Crippen LogP contribution in [0.5, 0.6) is 0 Å². The van der Waals surface area contributed by atoms with E-state index in [0.29, 0.717) is 21.2 Å². The normalized spacial score (nSPS) is 10.9. The molecule has 1 N–H and O–H groups in total. The first-order valence-electron chi connectivity index (χ1n) is 7.27. The van der Waals surface area contributed by atoms with Crippen molar-refractivity contribution in [2.75, 3.05) is 11.9 Å². The Hall–Kier alpha value is -2.69. The van der Waals surface area contributed by atoms with Gasteiger partial charge >= 0.3 is 5.97 Å². The molecular weight excluding hydrogens is 362 g/mol. The lowest BCUT2D eigenvalue weighted by molar-refractivity contribution is -0.112. The minimum atomic E-state index is -0.610. The number of aryl methyl sites for hydroxylation is 1. The lowest BCUT2D eigenvalue weighted by atomic mass is 10.1. The van der Waals surface area contributed by atoms with Crippen molar-refractivity contribution in [3.63, 3.8) is 0 Å². The minimum Gasteiger partial charge on any atom is -0.462 e. The van der Waals surface area contributed by atoms with E-state index in [-0.39, 0.29) is 17.3 Å². The molecule has 8 heteroatoms. The number of benzene rings is 1. The topological polar surface area (TPSA) is 92.1 Å². The van der Waals surface area contributed by atoms with E-state index in [9.17, 15) is 14.9 Å². The van der Waals surface area contributed by atoms with Crippen molar-refractivity contribution in [1.82, 2.24) is 4.98 Å². The number of aromatic nitrogens is 1. The Labute approximate surface area is 153 Å². The number of esters is 1. The lowest BCUT2D eigenvalue weighted by Crippen LogP contribution is -2.13. The van der Waals surface area contributed by atoms with Crippen LogP contribution in [0.4, 0.5) is 5.13 Å². The van der Waals surface area contributed by atoms with E-state index in [1.807, 2.05) is 6.07 Å². The summed E-state index contributed by atoms with van der Waals surface area (Å²) in [6.45, 7) is 3.60. The van der Waals surface area contributed by atoms with E-state index >= 15 is 0 Å². The highest BCUT2D eigenvalue weighted by Crippen LogP contribution is 2.24. The van der Waals surface area contributed by atoms with Crippen LogP contribution in [0.3, 0.4) is 0 Å². The first kappa shape index (κ1) is 18.6. The van der Waals surface area contributed by atoms with Crippen LogP contribution in [0.1, 0.15) is 27.9 Å². The van der Waals surface area contributed by atoms with E-state index in [2.05, 4.69) is 10.3 Å². The zero-order valence-corrected chi connectivity index (χ0v) is 15.1. The Morgan fingerprint density at radius 2 is 2.08 bits per heavy atom. The average molecular weight is 376 g/mol. The number of rotatable bonds is 5. The van der Waals surface area contributed by atoms with Gasteiger partial charge in [-0.25, -0.2) is 9.78 Å². The molecule has 1 aromatic carbocycles. The molecule has 2 rings (SSSR count). The maximum atomic E-state index is 12.3. The fourth-order valence-corrected chi connectivity index (χ4v) is 2.86. The second-order valence-electron chi connectivity index (χ2n) is 4.83. The quantitative estimate of drug-likeness (QED) is 0.487. The number of halogens is 1. The average Bonchev–Trinajstić information content (AvgIpc) is 2.94. The molecule has 0 aliphatic carbocycles. The molecule has 1 amide bonds. The minimum absolute atomic E-state index is 0.0899. The van der Waals surface area contributed by atoms with Crippen molar-refractivity contribution < 1.29 is 14.3 Å². The third-order valence-electron chi connectivity index (χ3n) is 3.02. The predicted molar refractivity (Wildman–Crippen MR) is 96.5 cm³/mol. The molecule has 0 atom stereocenters. The molecule has 0 aliphatic rings. The number of carbonyl (C=O) groups excluding carboxylic acids is 2. The number of hydrogen-bond donors (Lipinski definition) is 1. The maximum Gasteiger partial charge on any atom is 0.350 e. The molecule has 0 fully saturated rings. The van der Waals surface area contributed by atoms with Gasteiger partial charge in [0.2, 0.25) is 0 Å². The van der Waals surface area contributed by atoms with E-state index in [0.717, 1.165) is 11.3 Å². The number of carbonyl (C=O) groups is 2. The van der Waals surface area contributed by atoms with Crippen LogP contribution in [0.25, 0.3) is 6.08 Å². The predicted octanol–water partition coefficient (Wildman–Crippen LogP) is 3.83. The molecular formula is C17H14ClN3O3S. The van der Waals surface area contributed by atoms with Crippen molar-refractivity contribution in [2.24, 2.45) is 0 Å². The van der Waals surface area contributed by atoms with Gasteiger partial charge in [0.1, 0.15) is 16.5 Å². The first-order valence-corrected chi connectivity index (χ1v) is 8.47. The standard InChI is InChI=1S/C17H14ClN3O3S/c1-3-24-16(23)14-10(2)20-17(25-14)21-15(22)12(9-19)8-11-4-6-13(18)7-5-11/h4-8H,3H2,1-2H3,(H,20,21,22). The molecule has 6 nitrogen and oxygen atoms in total. The Morgan fingerprint density at radius 1 is 1.40 bits per heavy atom. The molecule has 0 saturated carbocycles. The fourth-order valence-electron chi connectivity index (χ4n) is 1.87. The Morgan fingerprint density at radius 3 is 2.68 bits per heavy atom. The van der Waals surface area contributed by atoms with E-state index in [1.54, 1.807) is 38.1 Å². The first-order chi connectivity index (χ1) is 11.9. The van der Waals surface area contributed by atoms with Gasteiger partial charge in [-0.3, -0.25) is 10.1 Å². The van der Waals surface area contributed by atoms with Crippen molar-refractivity contribution in [3.05, 3.63) is 51.0 Å². The molecule has 0 saturated heterocycles. The van der Waals surface area contributed by atoms with Gasteiger partial charge in [0.15, 0.2) is 5.13 Å². The zero-order valence-electron chi connectivity index (χ0n) is 13.5. The summed E-state index contributed by atoms with van der Waals surface area (Å²) in [5.41, 5.74) is 1.03. The van der Waals surface area contributed by atoms with Gasteiger partial charge in [-0.15, -0.1) is 0 Å². The number of amides is 1. The smallest absolute Gasteiger partial charge is 0.350 e.